The fraction of sp³-hybridized carbons (Fsp3) is 0.875. The third kappa shape index (κ3) is 2.88. The molecule has 4 nitrogen and oxygen atoms in total. The summed E-state index contributed by atoms with van der Waals surface area (Å²) in [5.41, 5.74) is 0. The van der Waals surface area contributed by atoms with Crippen LogP contribution in [0.3, 0.4) is 0 Å². The van der Waals surface area contributed by atoms with Crippen molar-refractivity contribution in [2.75, 3.05) is 18.1 Å². The van der Waals surface area contributed by atoms with Gasteiger partial charge in [0, 0.05) is 12.6 Å². The summed E-state index contributed by atoms with van der Waals surface area (Å²) in [5, 5.41) is 0. The molecule has 1 rings (SSSR count). The highest BCUT2D eigenvalue weighted by molar-refractivity contribution is 7.91. The molecule has 0 saturated carbocycles. The van der Waals surface area contributed by atoms with Gasteiger partial charge in [-0.3, -0.25) is 4.79 Å². The van der Waals surface area contributed by atoms with E-state index in [9.17, 15) is 30.8 Å². The monoisotopic (exact) mass is 277 g/mol. The summed E-state index contributed by atoms with van der Waals surface area (Å²) < 4.78 is 71.8. The van der Waals surface area contributed by atoms with Crippen molar-refractivity contribution in [2.45, 2.75) is 25.3 Å². The third-order valence-corrected chi connectivity index (χ3v) is 4.29. The number of rotatable bonds is 2. The number of carbonyl (C=O) groups is 1. The van der Waals surface area contributed by atoms with Gasteiger partial charge in [0.2, 0.25) is 0 Å². The molecule has 100 valence electrons. The molecule has 0 aromatic rings. The van der Waals surface area contributed by atoms with Crippen LogP contribution in [0.2, 0.25) is 0 Å². The van der Waals surface area contributed by atoms with Crippen LogP contribution in [0, 0.1) is 0 Å². The largest absolute Gasteiger partial charge is 0.383 e. The molecule has 0 bridgehead atoms. The molecule has 0 spiro atoms. The summed E-state index contributed by atoms with van der Waals surface area (Å²) in [5.74, 6) is -7.76. The van der Waals surface area contributed by atoms with Gasteiger partial charge in [0.05, 0.1) is 11.5 Å². The maximum Gasteiger partial charge on any atom is 0.383 e. The Morgan fingerprint density at radius 3 is 2.35 bits per heavy atom. The van der Waals surface area contributed by atoms with Gasteiger partial charge in [-0.05, 0) is 6.92 Å². The normalized spacial score (nSPS) is 25.1. The van der Waals surface area contributed by atoms with Crippen LogP contribution in [0.15, 0.2) is 0 Å². The number of hydrogen-bond acceptors (Lipinski definition) is 3. The van der Waals surface area contributed by atoms with Gasteiger partial charge < -0.3 is 4.90 Å². The molecule has 17 heavy (non-hydrogen) atoms. The number of hydrogen-bond donors (Lipinski definition) is 0. The maximum absolute atomic E-state index is 12.8. The first kappa shape index (κ1) is 14.2. The zero-order chi connectivity index (χ0) is 13.4. The molecule has 0 aliphatic carbocycles. The molecule has 1 aliphatic heterocycles. The van der Waals surface area contributed by atoms with E-state index in [1.165, 1.54) is 6.92 Å². The fourth-order valence-electron chi connectivity index (χ4n) is 1.59. The standard InChI is InChI=1S/C8H11F4NO3S/c1-5-4-17(15,16)3-2-13(5)7(14)8(11,12)6(9)10/h5-6H,2-4H2,1H3. The lowest BCUT2D eigenvalue weighted by Gasteiger charge is -2.35. The summed E-state index contributed by atoms with van der Waals surface area (Å²) in [7, 11) is -3.39. The second kappa shape index (κ2) is 4.43. The van der Waals surface area contributed by atoms with Crippen molar-refractivity contribution >= 4 is 15.7 Å². The minimum Gasteiger partial charge on any atom is -0.333 e. The topological polar surface area (TPSA) is 54.5 Å². The zero-order valence-corrected chi connectivity index (χ0v) is 9.68. The van der Waals surface area contributed by atoms with Crippen molar-refractivity contribution in [3.8, 4) is 0 Å². The molecule has 0 aromatic carbocycles. The van der Waals surface area contributed by atoms with Gasteiger partial charge in [-0.25, -0.2) is 17.2 Å². The van der Waals surface area contributed by atoms with Gasteiger partial charge in [0.25, 0.3) is 5.91 Å². The highest BCUT2D eigenvalue weighted by atomic mass is 32.2. The number of halogens is 4. The smallest absolute Gasteiger partial charge is 0.333 e. The SMILES string of the molecule is CC1CS(=O)(=O)CCN1C(=O)C(F)(F)C(F)F. The Labute approximate surface area is 95.5 Å². The quantitative estimate of drug-likeness (QED) is 0.692. The number of carbonyl (C=O) groups excluding carboxylic acids is 1. The van der Waals surface area contributed by atoms with Gasteiger partial charge in [-0.1, -0.05) is 0 Å². The summed E-state index contributed by atoms with van der Waals surface area (Å²) in [6.45, 7) is 0.751. The van der Waals surface area contributed by atoms with Crippen LogP contribution in [0.1, 0.15) is 6.92 Å². The first-order valence-corrected chi connectivity index (χ1v) is 6.57. The molecule has 1 saturated heterocycles. The number of alkyl halides is 4. The molecule has 1 heterocycles. The fourth-order valence-corrected chi connectivity index (χ4v) is 3.14. The predicted octanol–water partition coefficient (Wildman–Crippen LogP) is 0.532. The molecule has 0 aromatic heterocycles. The van der Waals surface area contributed by atoms with E-state index in [0.29, 0.717) is 4.90 Å². The van der Waals surface area contributed by atoms with Gasteiger partial charge >= 0.3 is 12.3 Å². The molecule has 1 aliphatic rings. The lowest BCUT2D eigenvalue weighted by molar-refractivity contribution is -0.182. The van der Waals surface area contributed by atoms with Crippen LogP contribution in [0.5, 0.6) is 0 Å². The first-order chi connectivity index (χ1) is 7.58. The van der Waals surface area contributed by atoms with E-state index in [2.05, 4.69) is 0 Å². The summed E-state index contributed by atoms with van der Waals surface area (Å²) >= 11 is 0. The molecular weight excluding hydrogens is 266 g/mol. The molecule has 1 fully saturated rings. The second-order valence-corrected chi connectivity index (χ2v) is 6.11. The zero-order valence-electron chi connectivity index (χ0n) is 8.87. The summed E-state index contributed by atoms with van der Waals surface area (Å²) in [4.78, 5) is 11.7. The maximum atomic E-state index is 12.8. The van der Waals surface area contributed by atoms with Gasteiger partial charge in [0.1, 0.15) is 0 Å². The minimum absolute atomic E-state index is 0.482. The molecule has 0 radical (unpaired) electrons. The summed E-state index contributed by atoms with van der Waals surface area (Å²) in [6.07, 6.45) is -4.10. The Kier molecular flexibility index (Phi) is 3.70. The van der Waals surface area contributed by atoms with Crippen molar-refractivity contribution in [1.82, 2.24) is 4.90 Å². The van der Waals surface area contributed by atoms with Crippen molar-refractivity contribution < 1.29 is 30.8 Å². The number of nitrogens with zero attached hydrogens (tertiary/aromatic N) is 1. The van der Waals surface area contributed by atoms with Crippen molar-refractivity contribution in [2.24, 2.45) is 0 Å². The lowest BCUT2D eigenvalue weighted by Crippen LogP contribution is -2.56. The lowest BCUT2D eigenvalue weighted by atomic mass is 10.2. The number of sulfone groups is 1. The second-order valence-electron chi connectivity index (χ2n) is 3.89. The van der Waals surface area contributed by atoms with Crippen LogP contribution in [0.25, 0.3) is 0 Å². The Morgan fingerprint density at radius 2 is 1.94 bits per heavy atom. The van der Waals surface area contributed by atoms with Crippen molar-refractivity contribution in [1.29, 1.82) is 0 Å². The van der Waals surface area contributed by atoms with E-state index in [1.807, 2.05) is 0 Å². The molecule has 0 N–H and O–H groups in total. The van der Waals surface area contributed by atoms with Crippen LogP contribution in [-0.4, -0.2) is 55.7 Å². The van der Waals surface area contributed by atoms with Gasteiger partial charge in [-0.15, -0.1) is 0 Å². The third-order valence-electron chi connectivity index (χ3n) is 2.49. The predicted molar refractivity (Wildman–Crippen MR) is 50.8 cm³/mol. The Morgan fingerprint density at radius 1 is 1.41 bits per heavy atom. The molecule has 1 atom stereocenters. The van der Waals surface area contributed by atoms with E-state index in [1.54, 1.807) is 0 Å². The van der Waals surface area contributed by atoms with Gasteiger partial charge in [0.15, 0.2) is 9.84 Å². The van der Waals surface area contributed by atoms with Crippen molar-refractivity contribution in [3.63, 3.8) is 0 Å². The highest BCUT2D eigenvalue weighted by Crippen LogP contribution is 2.27. The number of amides is 1. The highest BCUT2D eigenvalue weighted by Gasteiger charge is 2.52. The van der Waals surface area contributed by atoms with E-state index in [0.717, 1.165) is 0 Å². The van der Waals surface area contributed by atoms with Crippen LogP contribution >= 0.6 is 0 Å². The van der Waals surface area contributed by atoms with Crippen LogP contribution in [0.4, 0.5) is 17.6 Å². The Hall–Kier alpha value is -0.860. The van der Waals surface area contributed by atoms with Crippen LogP contribution < -0.4 is 0 Å². The molecule has 9 heteroatoms. The average Bonchev–Trinajstić information content (AvgIpc) is 2.15. The molecule has 1 amide bonds. The van der Waals surface area contributed by atoms with E-state index in [-0.39, 0.29) is 0 Å². The Balaban J connectivity index is 2.86. The Bertz CT molecular complexity index is 409. The first-order valence-electron chi connectivity index (χ1n) is 4.75. The van der Waals surface area contributed by atoms with E-state index in [4.69, 9.17) is 0 Å². The molecule has 1 unspecified atom stereocenters. The minimum atomic E-state index is -4.77. The van der Waals surface area contributed by atoms with Crippen molar-refractivity contribution in [3.05, 3.63) is 0 Å². The van der Waals surface area contributed by atoms with Crippen LogP contribution in [-0.2, 0) is 14.6 Å². The van der Waals surface area contributed by atoms with Gasteiger partial charge in [-0.2, -0.15) is 8.78 Å². The summed E-state index contributed by atoms with van der Waals surface area (Å²) in [6, 6.07) is -1.02. The van der Waals surface area contributed by atoms with E-state index >= 15 is 0 Å². The average molecular weight is 277 g/mol. The molecular formula is C8H11F4NO3S. The van der Waals surface area contributed by atoms with E-state index < -0.39 is 52.2 Å².